The van der Waals surface area contributed by atoms with Gasteiger partial charge in [0, 0.05) is 6.07 Å². The van der Waals surface area contributed by atoms with Gasteiger partial charge in [-0.2, -0.15) is 13.2 Å². The zero-order valence-corrected chi connectivity index (χ0v) is 11.4. The number of ether oxygens (including phenoxy) is 1. The Labute approximate surface area is 127 Å². The Morgan fingerprint density at radius 1 is 1.18 bits per heavy atom. The van der Waals surface area contributed by atoms with Gasteiger partial charge >= 0.3 is 6.18 Å². The maximum absolute atomic E-state index is 12.5. The predicted molar refractivity (Wildman–Crippen MR) is 73.8 cm³/mol. The molecular weight excluding hydrogens is 325 g/mol. The van der Waals surface area contributed by atoms with Crippen molar-refractivity contribution in [2.45, 2.75) is 6.18 Å². The van der Waals surface area contributed by atoms with Gasteiger partial charge in [0.25, 0.3) is 0 Å². The summed E-state index contributed by atoms with van der Waals surface area (Å²) in [6.07, 6.45) is -4.51. The first-order chi connectivity index (χ1) is 10.3. The number of hydrogen-bond acceptors (Lipinski definition) is 5. The molecule has 0 unspecified atom stereocenters. The number of anilines is 1. The van der Waals surface area contributed by atoms with Crippen LogP contribution in [0, 0.1) is 4.91 Å². The van der Waals surface area contributed by atoms with Crippen LogP contribution in [0.5, 0.6) is 11.5 Å². The second-order valence-electron chi connectivity index (χ2n) is 4.13. The van der Waals surface area contributed by atoms with Crippen molar-refractivity contribution in [3.63, 3.8) is 0 Å². The number of benzene rings is 2. The molecule has 0 saturated carbocycles. The Hall–Kier alpha value is -2.32. The van der Waals surface area contributed by atoms with E-state index in [2.05, 4.69) is 5.18 Å². The molecule has 116 valence electrons. The average molecular weight is 333 g/mol. The molecule has 0 aliphatic heterocycles. The zero-order chi connectivity index (χ0) is 16.3. The summed E-state index contributed by atoms with van der Waals surface area (Å²) < 4.78 is 42.9. The third-order valence-electron chi connectivity index (χ3n) is 2.67. The van der Waals surface area contributed by atoms with E-state index in [1.807, 2.05) is 0 Å². The topological polar surface area (TPSA) is 70.9 Å². The summed E-state index contributed by atoms with van der Waals surface area (Å²) >= 11 is 5.76. The summed E-state index contributed by atoms with van der Waals surface area (Å²) in [5, 5.41) is 11.3. The maximum atomic E-state index is 12.5. The van der Waals surface area contributed by atoms with E-state index in [1.54, 1.807) is 5.48 Å². The lowest BCUT2D eigenvalue weighted by Crippen LogP contribution is -2.04. The lowest BCUT2D eigenvalue weighted by molar-refractivity contribution is -0.137. The number of halogens is 4. The van der Waals surface area contributed by atoms with Gasteiger partial charge in [-0.05, 0) is 35.5 Å². The van der Waals surface area contributed by atoms with Crippen molar-refractivity contribution in [3.05, 3.63) is 51.9 Å². The van der Waals surface area contributed by atoms with Gasteiger partial charge in [-0.25, -0.2) is 0 Å². The first kappa shape index (κ1) is 16.1. The Bertz CT molecular complexity index is 707. The van der Waals surface area contributed by atoms with Crippen LogP contribution in [0.4, 0.5) is 24.5 Å². The van der Waals surface area contributed by atoms with Crippen molar-refractivity contribution in [2.75, 3.05) is 5.48 Å². The second kappa shape index (κ2) is 6.20. The lowest BCUT2D eigenvalue weighted by atomic mass is 10.2. The number of rotatable bonds is 4. The molecule has 0 aliphatic rings. The highest BCUT2D eigenvalue weighted by molar-refractivity contribution is 6.32. The van der Waals surface area contributed by atoms with Crippen molar-refractivity contribution in [1.82, 2.24) is 0 Å². The summed E-state index contributed by atoms with van der Waals surface area (Å²) in [5.41, 5.74) is 0.781. The van der Waals surface area contributed by atoms with Crippen molar-refractivity contribution >= 4 is 23.0 Å². The summed E-state index contributed by atoms with van der Waals surface area (Å²) in [6, 6.07) is 6.50. The van der Waals surface area contributed by atoms with Gasteiger partial charge in [-0.1, -0.05) is 11.6 Å². The molecule has 5 nitrogen and oxygen atoms in total. The molecule has 0 amide bonds. The molecule has 0 saturated heterocycles. The van der Waals surface area contributed by atoms with Crippen LogP contribution in [0.1, 0.15) is 5.56 Å². The molecule has 2 rings (SSSR count). The largest absolute Gasteiger partial charge is 0.456 e. The lowest BCUT2D eigenvalue weighted by Gasteiger charge is -2.12. The first-order valence-electron chi connectivity index (χ1n) is 5.77. The van der Waals surface area contributed by atoms with Crippen LogP contribution in [0.15, 0.2) is 41.6 Å². The number of alkyl halides is 3. The molecule has 0 fully saturated rings. The van der Waals surface area contributed by atoms with E-state index in [9.17, 15) is 18.1 Å². The summed E-state index contributed by atoms with van der Waals surface area (Å²) in [5.74, 6) is 0.135. The van der Waals surface area contributed by atoms with Gasteiger partial charge in [-0.3, -0.25) is 10.7 Å². The highest BCUT2D eigenvalue weighted by Gasteiger charge is 2.31. The highest BCUT2D eigenvalue weighted by atomic mass is 35.5. The summed E-state index contributed by atoms with van der Waals surface area (Å²) in [6.45, 7) is 0. The maximum Gasteiger partial charge on any atom is 0.416 e. The minimum Gasteiger partial charge on any atom is -0.456 e. The van der Waals surface area contributed by atoms with Gasteiger partial charge in [-0.15, -0.1) is 4.91 Å². The highest BCUT2D eigenvalue weighted by Crippen LogP contribution is 2.37. The van der Waals surface area contributed by atoms with Gasteiger partial charge < -0.3 is 4.74 Å². The molecule has 0 atom stereocenters. The molecule has 0 aliphatic carbocycles. The van der Waals surface area contributed by atoms with Crippen LogP contribution in [0.2, 0.25) is 5.02 Å². The smallest absolute Gasteiger partial charge is 0.416 e. The van der Waals surface area contributed by atoms with E-state index in [0.717, 1.165) is 18.2 Å². The monoisotopic (exact) mass is 332 g/mol. The number of nitroso groups, excluding NO2 is 1. The standard InChI is InChI=1S/C13H8ClF3N2O3/c14-9-5-7(13(15,16)17)1-4-12(9)22-8-2-3-10(18-20)11(6-8)19-21/h1-6,19,21H. The predicted octanol–water partition coefficient (Wildman–Crippen LogP) is 5.35. The van der Waals surface area contributed by atoms with Crippen molar-refractivity contribution in [1.29, 1.82) is 0 Å². The Morgan fingerprint density at radius 2 is 1.91 bits per heavy atom. The zero-order valence-electron chi connectivity index (χ0n) is 10.7. The molecule has 2 aromatic rings. The third kappa shape index (κ3) is 3.46. The van der Waals surface area contributed by atoms with Crippen molar-refractivity contribution in [2.24, 2.45) is 5.18 Å². The molecule has 22 heavy (non-hydrogen) atoms. The Kier molecular flexibility index (Phi) is 4.53. The molecule has 2 N–H and O–H groups in total. The van der Waals surface area contributed by atoms with Crippen molar-refractivity contribution < 1.29 is 23.1 Å². The minimum atomic E-state index is -4.51. The second-order valence-corrected chi connectivity index (χ2v) is 4.53. The molecule has 0 heterocycles. The van der Waals surface area contributed by atoms with Crippen LogP contribution >= 0.6 is 11.6 Å². The first-order valence-corrected chi connectivity index (χ1v) is 6.15. The molecular formula is C13H8ClF3N2O3. The molecule has 9 heteroatoms. The van der Waals surface area contributed by atoms with E-state index < -0.39 is 11.7 Å². The van der Waals surface area contributed by atoms with E-state index in [1.165, 1.54) is 18.2 Å². The van der Waals surface area contributed by atoms with E-state index in [-0.39, 0.29) is 27.9 Å². The van der Waals surface area contributed by atoms with Crippen LogP contribution in [0.25, 0.3) is 0 Å². The van der Waals surface area contributed by atoms with Crippen molar-refractivity contribution in [3.8, 4) is 11.5 Å². The minimum absolute atomic E-state index is 0.00892. The summed E-state index contributed by atoms with van der Waals surface area (Å²) in [7, 11) is 0. The quantitative estimate of drug-likeness (QED) is 0.585. The van der Waals surface area contributed by atoms with Gasteiger partial charge in [0.05, 0.1) is 16.3 Å². The van der Waals surface area contributed by atoms with Gasteiger partial charge in [0.2, 0.25) is 0 Å². The summed E-state index contributed by atoms with van der Waals surface area (Å²) in [4.78, 5) is 10.5. The van der Waals surface area contributed by atoms with Crippen LogP contribution < -0.4 is 10.2 Å². The number of hydrogen-bond donors (Lipinski definition) is 2. The third-order valence-corrected chi connectivity index (χ3v) is 2.97. The van der Waals surface area contributed by atoms with Gasteiger partial charge in [0.1, 0.15) is 17.2 Å². The fourth-order valence-corrected chi connectivity index (χ4v) is 1.85. The molecule has 2 aromatic carbocycles. The van der Waals surface area contributed by atoms with Crippen LogP contribution in [0.3, 0.4) is 0 Å². The molecule has 0 radical (unpaired) electrons. The van der Waals surface area contributed by atoms with Crippen LogP contribution in [-0.4, -0.2) is 5.21 Å². The fraction of sp³-hybridized carbons (Fsp3) is 0.0769. The fourth-order valence-electron chi connectivity index (χ4n) is 1.63. The average Bonchev–Trinajstić information content (AvgIpc) is 2.48. The van der Waals surface area contributed by atoms with E-state index >= 15 is 0 Å². The number of nitrogens with one attached hydrogen (secondary N) is 1. The SMILES string of the molecule is O=Nc1ccc(Oc2ccc(C(F)(F)F)cc2Cl)cc1NO. The number of nitrogens with zero attached hydrogens (tertiary/aromatic N) is 1. The van der Waals surface area contributed by atoms with E-state index in [4.69, 9.17) is 21.5 Å². The molecule has 0 spiro atoms. The van der Waals surface area contributed by atoms with Crippen LogP contribution in [-0.2, 0) is 6.18 Å². The Balaban J connectivity index is 2.29. The normalized spacial score (nSPS) is 11.1. The van der Waals surface area contributed by atoms with E-state index in [0.29, 0.717) is 0 Å². The molecule has 0 aromatic heterocycles. The van der Waals surface area contributed by atoms with Gasteiger partial charge in [0.15, 0.2) is 0 Å². The Morgan fingerprint density at radius 3 is 2.45 bits per heavy atom. The molecule has 0 bridgehead atoms.